The molecule has 0 saturated heterocycles. The van der Waals surface area contributed by atoms with Gasteiger partial charge in [-0.3, -0.25) is 0 Å². The molecule has 3 heteroatoms. The fraction of sp³-hybridized carbons (Fsp3) is 0.500. The number of phenols is 1. The van der Waals surface area contributed by atoms with Crippen molar-refractivity contribution in [2.45, 2.75) is 25.9 Å². The van der Waals surface area contributed by atoms with Crippen LogP contribution in [0.1, 0.15) is 31.4 Å². The van der Waals surface area contributed by atoms with Gasteiger partial charge < -0.3 is 15.5 Å². The Bertz CT molecular complexity index is 271. The number of aliphatic hydroxyl groups excluding tert-OH is 1. The normalized spacial score (nSPS) is 12.7. The SMILES string of the molecule is CCCCNC[C@H](O)c1ccc(O)cc1. The summed E-state index contributed by atoms with van der Waals surface area (Å²) in [7, 11) is 0. The van der Waals surface area contributed by atoms with Crippen molar-refractivity contribution >= 4 is 0 Å². The maximum absolute atomic E-state index is 9.77. The number of hydrogen-bond acceptors (Lipinski definition) is 3. The van der Waals surface area contributed by atoms with E-state index in [4.69, 9.17) is 5.11 Å². The van der Waals surface area contributed by atoms with Crippen LogP contribution in [0.4, 0.5) is 0 Å². The highest BCUT2D eigenvalue weighted by Crippen LogP contribution is 2.15. The minimum atomic E-state index is -0.498. The van der Waals surface area contributed by atoms with Gasteiger partial charge in [-0.05, 0) is 30.7 Å². The first kappa shape index (κ1) is 12.0. The lowest BCUT2D eigenvalue weighted by Gasteiger charge is -2.11. The number of phenolic OH excluding ortho intramolecular Hbond substituents is 1. The molecule has 0 aromatic heterocycles. The third kappa shape index (κ3) is 4.32. The van der Waals surface area contributed by atoms with Crippen LogP contribution < -0.4 is 5.32 Å². The monoisotopic (exact) mass is 209 g/mol. The molecule has 84 valence electrons. The molecule has 0 fully saturated rings. The van der Waals surface area contributed by atoms with Gasteiger partial charge in [-0.25, -0.2) is 0 Å². The maximum atomic E-state index is 9.77. The van der Waals surface area contributed by atoms with Crippen molar-refractivity contribution in [3.63, 3.8) is 0 Å². The van der Waals surface area contributed by atoms with Crippen molar-refractivity contribution in [1.29, 1.82) is 0 Å². The zero-order chi connectivity index (χ0) is 11.1. The van der Waals surface area contributed by atoms with Gasteiger partial charge in [0.15, 0.2) is 0 Å². The van der Waals surface area contributed by atoms with Crippen LogP contribution in [0.15, 0.2) is 24.3 Å². The number of unbranched alkanes of at least 4 members (excludes halogenated alkanes) is 1. The summed E-state index contributed by atoms with van der Waals surface area (Å²) in [6.07, 6.45) is 1.78. The minimum Gasteiger partial charge on any atom is -0.508 e. The van der Waals surface area contributed by atoms with Crippen molar-refractivity contribution in [2.24, 2.45) is 0 Å². The average molecular weight is 209 g/mol. The molecular weight excluding hydrogens is 190 g/mol. The van der Waals surface area contributed by atoms with Crippen LogP contribution in [-0.4, -0.2) is 23.3 Å². The zero-order valence-electron chi connectivity index (χ0n) is 9.11. The van der Waals surface area contributed by atoms with Crippen molar-refractivity contribution < 1.29 is 10.2 Å². The van der Waals surface area contributed by atoms with E-state index >= 15 is 0 Å². The van der Waals surface area contributed by atoms with E-state index in [0.717, 1.165) is 24.9 Å². The fourth-order valence-corrected chi connectivity index (χ4v) is 1.35. The van der Waals surface area contributed by atoms with Gasteiger partial charge in [0.2, 0.25) is 0 Å². The number of aromatic hydroxyl groups is 1. The maximum Gasteiger partial charge on any atom is 0.115 e. The molecule has 0 bridgehead atoms. The van der Waals surface area contributed by atoms with Crippen molar-refractivity contribution in [3.05, 3.63) is 29.8 Å². The smallest absolute Gasteiger partial charge is 0.115 e. The highest BCUT2D eigenvalue weighted by molar-refractivity contribution is 5.27. The lowest BCUT2D eigenvalue weighted by Crippen LogP contribution is -2.22. The molecule has 0 aliphatic rings. The quantitative estimate of drug-likeness (QED) is 0.626. The summed E-state index contributed by atoms with van der Waals surface area (Å²) >= 11 is 0. The number of rotatable bonds is 6. The van der Waals surface area contributed by atoms with Crippen molar-refractivity contribution in [2.75, 3.05) is 13.1 Å². The second kappa shape index (κ2) is 6.43. The predicted octanol–water partition coefficient (Wildman–Crippen LogP) is 1.82. The molecule has 0 aliphatic heterocycles. The molecule has 0 amide bonds. The molecule has 1 aromatic rings. The Morgan fingerprint density at radius 2 is 1.93 bits per heavy atom. The standard InChI is InChI=1S/C12H19NO2/c1-2-3-8-13-9-12(15)10-4-6-11(14)7-5-10/h4-7,12-15H,2-3,8-9H2,1H3/t12-/m0/s1. The summed E-state index contributed by atoms with van der Waals surface area (Å²) in [5.74, 6) is 0.227. The van der Waals surface area contributed by atoms with Gasteiger partial charge in [0.25, 0.3) is 0 Å². The topological polar surface area (TPSA) is 52.5 Å². The molecule has 0 radical (unpaired) electrons. The van der Waals surface area contributed by atoms with Crippen LogP contribution in [0.3, 0.4) is 0 Å². The van der Waals surface area contributed by atoms with Gasteiger partial charge in [-0.1, -0.05) is 25.5 Å². The Labute approximate surface area is 90.8 Å². The molecule has 15 heavy (non-hydrogen) atoms. The van der Waals surface area contributed by atoms with E-state index in [1.807, 2.05) is 0 Å². The molecule has 0 spiro atoms. The number of aliphatic hydroxyl groups is 1. The summed E-state index contributed by atoms with van der Waals surface area (Å²) in [6, 6.07) is 6.65. The van der Waals surface area contributed by atoms with Gasteiger partial charge in [0, 0.05) is 6.54 Å². The molecule has 1 rings (SSSR count). The second-order valence-corrected chi connectivity index (χ2v) is 3.67. The molecule has 0 unspecified atom stereocenters. The average Bonchev–Trinajstić information content (AvgIpc) is 2.25. The molecule has 0 saturated carbocycles. The largest absolute Gasteiger partial charge is 0.508 e. The fourth-order valence-electron chi connectivity index (χ4n) is 1.35. The Kier molecular flexibility index (Phi) is 5.15. The van der Waals surface area contributed by atoms with Crippen molar-refractivity contribution in [1.82, 2.24) is 5.32 Å². The van der Waals surface area contributed by atoms with E-state index in [2.05, 4.69) is 12.2 Å². The predicted molar refractivity (Wildman–Crippen MR) is 60.8 cm³/mol. The van der Waals surface area contributed by atoms with E-state index in [1.165, 1.54) is 0 Å². The van der Waals surface area contributed by atoms with Gasteiger partial charge in [0.05, 0.1) is 6.10 Å². The molecule has 0 aliphatic carbocycles. The lowest BCUT2D eigenvalue weighted by molar-refractivity contribution is 0.174. The number of nitrogens with one attached hydrogen (secondary N) is 1. The highest BCUT2D eigenvalue weighted by atomic mass is 16.3. The molecular formula is C12H19NO2. The molecule has 3 N–H and O–H groups in total. The van der Waals surface area contributed by atoms with Gasteiger partial charge >= 0.3 is 0 Å². The van der Waals surface area contributed by atoms with Gasteiger partial charge in [-0.2, -0.15) is 0 Å². The van der Waals surface area contributed by atoms with E-state index in [9.17, 15) is 5.11 Å². The van der Waals surface area contributed by atoms with E-state index in [-0.39, 0.29) is 5.75 Å². The van der Waals surface area contributed by atoms with Crippen LogP contribution in [0.25, 0.3) is 0 Å². The van der Waals surface area contributed by atoms with Crippen LogP contribution in [-0.2, 0) is 0 Å². The van der Waals surface area contributed by atoms with E-state index in [1.54, 1.807) is 24.3 Å². The first-order valence-corrected chi connectivity index (χ1v) is 5.41. The summed E-state index contributed by atoms with van der Waals surface area (Å²) in [4.78, 5) is 0. The Morgan fingerprint density at radius 1 is 1.27 bits per heavy atom. The summed E-state index contributed by atoms with van der Waals surface area (Å²) in [5, 5.41) is 22.0. The summed E-state index contributed by atoms with van der Waals surface area (Å²) < 4.78 is 0. The number of hydrogen-bond donors (Lipinski definition) is 3. The Morgan fingerprint density at radius 3 is 2.53 bits per heavy atom. The van der Waals surface area contributed by atoms with Gasteiger partial charge in [0.1, 0.15) is 5.75 Å². The minimum absolute atomic E-state index is 0.227. The third-order valence-corrected chi connectivity index (χ3v) is 2.32. The van der Waals surface area contributed by atoms with Crippen LogP contribution in [0, 0.1) is 0 Å². The van der Waals surface area contributed by atoms with Gasteiger partial charge in [-0.15, -0.1) is 0 Å². The Balaban J connectivity index is 2.33. The molecule has 3 nitrogen and oxygen atoms in total. The third-order valence-electron chi connectivity index (χ3n) is 2.32. The first-order valence-electron chi connectivity index (χ1n) is 5.41. The van der Waals surface area contributed by atoms with E-state index in [0.29, 0.717) is 6.54 Å². The Hall–Kier alpha value is -1.06. The zero-order valence-corrected chi connectivity index (χ0v) is 9.11. The van der Waals surface area contributed by atoms with Crippen molar-refractivity contribution in [3.8, 4) is 5.75 Å². The molecule has 1 aromatic carbocycles. The molecule has 0 heterocycles. The van der Waals surface area contributed by atoms with Crippen LogP contribution in [0.5, 0.6) is 5.75 Å². The second-order valence-electron chi connectivity index (χ2n) is 3.67. The van der Waals surface area contributed by atoms with Crippen LogP contribution in [0.2, 0.25) is 0 Å². The highest BCUT2D eigenvalue weighted by Gasteiger charge is 2.05. The van der Waals surface area contributed by atoms with Crippen LogP contribution >= 0.6 is 0 Å². The summed E-state index contributed by atoms with van der Waals surface area (Å²) in [5.41, 5.74) is 0.830. The number of benzene rings is 1. The summed E-state index contributed by atoms with van der Waals surface area (Å²) in [6.45, 7) is 3.63. The lowest BCUT2D eigenvalue weighted by atomic mass is 10.1. The first-order chi connectivity index (χ1) is 7.24. The molecule has 1 atom stereocenters. The van der Waals surface area contributed by atoms with E-state index < -0.39 is 6.10 Å².